The van der Waals surface area contributed by atoms with Gasteiger partial charge in [0.15, 0.2) is 0 Å². The third kappa shape index (κ3) is 3.31. The van der Waals surface area contributed by atoms with Gasteiger partial charge in [-0.3, -0.25) is 9.88 Å². The van der Waals surface area contributed by atoms with E-state index < -0.39 is 0 Å². The van der Waals surface area contributed by atoms with Crippen LogP contribution >= 0.6 is 15.9 Å². The van der Waals surface area contributed by atoms with E-state index in [1.807, 2.05) is 12.4 Å². The SMILES string of the molecule is CN1CCCC2CN(C(CN)c3cncc(Br)c3)CCC21. The van der Waals surface area contributed by atoms with Gasteiger partial charge in [0, 0.05) is 48.6 Å². The molecule has 1 aromatic rings. The van der Waals surface area contributed by atoms with Crippen molar-refractivity contribution in [1.29, 1.82) is 0 Å². The summed E-state index contributed by atoms with van der Waals surface area (Å²) in [5.74, 6) is 0.798. The van der Waals surface area contributed by atoms with E-state index in [1.165, 1.54) is 37.9 Å². The molecule has 21 heavy (non-hydrogen) atoms. The van der Waals surface area contributed by atoms with E-state index in [9.17, 15) is 0 Å². The largest absolute Gasteiger partial charge is 0.329 e. The predicted molar refractivity (Wildman–Crippen MR) is 89.1 cm³/mol. The number of hydrogen-bond acceptors (Lipinski definition) is 4. The third-order valence-electron chi connectivity index (χ3n) is 5.15. The smallest absolute Gasteiger partial charge is 0.0486 e. The summed E-state index contributed by atoms with van der Waals surface area (Å²) < 4.78 is 1.03. The van der Waals surface area contributed by atoms with Crippen molar-refractivity contribution in [1.82, 2.24) is 14.8 Å². The highest BCUT2D eigenvalue weighted by molar-refractivity contribution is 9.10. The molecule has 3 heterocycles. The summed E-state index contributed by atoms with van der Waals surface area (Å²) in [5, 5.41) is 0. The minimum atomic E-state index is 0.295. The molecule has 2 N–H and O–H groups in total. The van der Waals surface area contributed by atoms with Crippen LogP contribution in [0.3, 0.4) is 0 Å². The fourth-order valence-electron chi connectivity index (χ4n) is 4.07. The number of nitrogens with zero attached hydrogens (tertiary/aromatic N) is 3. The molecule has 5 heteroatoms. The van der Waals surface area contributed by atoms with Crippen molar-refractivity contribution < 1.29 is 0 Å². The van der Waals surface area contributed by atoms with Gasteiger partial charge in [-0.15, -0.1) is 0 Å². The molecule has 4 nitrogen and oxygen atoms in total. The number of pyridine rings is 1. The Bertz CT molecular complexity index is 481. The lowest BCUT2D eigenvalue weighted by molar-refractivity contribution is 0.0210. The summed E-state index contributed by atoms with van der Waals surface area (Å²) >= 11 is 3.52. The van der Waals surface area contributed by atoms with Crippen molar-refractivity contribution in [2.75, 3.05) is 33.2 Å². The Balaban J connectivity index is 1.74. The lowest BCUT2D eigenvalue weighted by Crippen LogP contribution is -2.53. The molecule has 1 aromatic heterocycles. The van der Waals surface area contributed by atoms with Gasteiger partial charge < -0.3 is 10.6 Å². The predicted octanol–water partition coefficient (Wildman–Crippen LogP) is 2.26. The summed E-state index contributed by atoms with van der Waals surface area (Å²) in [4.78, 5) is 9.44. The van der Waals surface area contributed by atoms with Crippen LogP contribution in [0, 0.1) is 5.92 Å². The van der Waals surface area contributed by atoms with Crippen molar-refractivity contribution >= 4 is 15.9 Å². The molecule has 0 saturated carbocycles. The van der Waals surface area contributed by atoms with E-state index in [0.29, 0.717) is 12.6 Å². The zero-order chi connectivity index (χ0) is 14.8. The van der Waals surface area contributed by atoms with E-state index >= 15 is 0 Å². The zero-order valence-electron chi connectivity index (χ0n) is 12.7. The van der Waals surface area contributed by atoms with Crippen LogP contribution in [0.25, 0.3) is 0 Å². The maximum absolute atomic E-state index is 6.09. The third-order valence-corrected chi connectivity index (χ3v) is 5.59. The van der Waals surface area contributed by atoms with Crippen LogP contribution in [0.5, 0.6) is 0 Å². The van der Waals surface area contributed by atoms with Crippen LogP contribution in [0.15, 0.2) is 22.9 Å². The molecular weight excluding hydrogens is 328 g/mol. The van der Waals surface area contributed by atoms with Gasteiger partial charge in [0.25, 0.3) is 0 Å². The first-order valence-corrected chi connectivity index (χ1v) is 8.73. The quantitative estimate of drug-likeness (QED) is 0.906. The average Bonchev–Trinajstić information content (AvgIpc) is 2.48. The second-order valence-electron chi connectivity index (χ2n) is 6.42. The molecule has 2 aliphatic rings. The second-order valence-corrected chi connectivity index (χ2v) is 7.34. The Morgan fingerprint density at radius 2 is 2.24 bits per heavy atom. The first-order chi connectivity index (χ1) is 10.2. The number of piperidine rings is 2. The van der Waals surface area contributed by atoms with E-state index in [1.54, 1.807) is 0 Å². The number of likely N-dealkylation sites (tertiary alicyclic amines) is 2. The van der Waals surface area contributed by atoms with Crippen molar-refractivity contribution in [3.05, 3.63) is 28.5 Å². The van der Waals surface area contributed by atoms with E-state index in [-0.39, 0.29) is 0 Å². The van der Waals surface area contributed by atoms with Crippen LogP contribution in [-0.2, 0) is 0 Å². The molecule has 0 radical (unpaired) electrons. The van der Waals surface area contributed by atoms with Crippen LogP contribution < -0.4 is 5.73 Å². The molecule has 3 atom stereocenters. The zero-order valence-corrected chi connectivity index (χ0v) is 14.3. The molecule has 116 valence electrons. The fraction of sp³-hybridized carbons (Fsp3) is 0.688. The van der Waals surface area contributed by atoms with E-state index in [2.05, 4.69) is 43.8 Å². The minimum Gasteiger partial charge on any atom is -0.329 e. The van der Waals surface area contributed by atoms with Crippen molar-refractivity contribution in [2.24, 2.45) is 11.7 Å². The van der Waals surface area contributed by atoms with Crippen LogP contribution in [0.4, 0.5) is 0 Å². The van der Waals surface area contributed by atoms with Gasteiger partial charge in [-0.2, -0.15) is 0 Å². The Kier molecular flexibility index (Phi) is 4.94. The lowest BCUT2D eigenvalue weighted by Gasteiger charge is -2.48. The maximum atomic E-state index is 6.09. The van der Waals surface area contributed by atoms with E-state index in [0.717, 1.165) is 23.0 Å². The first-order valence-electron chi connectivity index (χ1n) is 7.94. The van der Waals surface area contributed by atoms with Gasteiger partial charge >= 0.3 is 0 Å². The van der Waals surface area contributed by atoms with Gasteiger partial charge in [-0.1, -0.05) is 0 Å². The Hall–Kier alpha value is -0.490. The van der Waals surface area contributed by atoms with E-state index in [4.69, 9.17) is 5.73 Å². The summed E-state index contributed by atoms with van der Waals surface area (Å²) in [7, 11) is 2.28. The van der Waals surface area contributed by atoms with Crippen LogP contribution in [-0.4, -0.2) is 54.1 Å². The number of aromatic nitrogens is 1. The Morgan fingerprint density at radius 3 is 3.00 bits per heavy atom. The maximum Gasteiger partial charge on any atom is 0.0486 e. The second kappa shape index (κ2) is 6.73. The normalized spacial score (nSPS) is 29.1. The van der Waals surface area contributed by atoms with Crippen LogP contribution in [0.2, 0.25) is 0 Å². The van der Waals surface area contributed by atoms with Gasteiger partial charge in [0.05, 0.1) is 0 Å². The summed E-state index contributed by atoms with van der Waals surface area (Å²) in [6.45, 7) is 4.23. The molecule has 3 rings (SSSR count). The van der Waals surface area contributed by atoms with Gasteiger partial charge in [-0.25, -0.2) is 0 Å². The van der Waals surface area contributed by atoms with Gasteiger partial charge in [0.2, 0.25) is 0 Å². The average molecular weight is 353 g/mol. The highest BCUT2D eigenvalue weighted by Crippen LogP contribution is 2.33. The lowest BCUT2D eigenvalue weighted by atomic mass is 9.83. The number of fused-ring (bicyclic) bond motifs is 1. The molecule has 3 unspecified atom stereocenters. The number of rotatable bonds is 3. The van der Waals surface area contributed by atoms with Gasteiger partial charge in [0.1, 0.15) is 0 Å². The Labute approximate surface area is 135 Å². The van der Waals surface area contributed by atoms with Crippen molar-refractivity contribution in [3.8, 4) is 0 Å². The molecule has 0 spiro atoms. The van der Waals surface area contributed by atoms with Crippen molar-refractivity contribution in [2.45, 2.75) is 31.3 Å². The van der Waals surface area contributed by atoms with Crippen LogP contribution in [0.1, 0.15) is 30.9 Å². The highest BCUT2D eigenvalue weighted by atomic mass is 79.9. The number of nitrogens with two attached hydrogens (primary N) is 1. The summed E-state index contributed by atoms with van der Waals surface area (Å²) in [6, 6.07) is 3.22. The highest BCUT2D eigenvalue weighted by Gasteiger charge is 2.36. The standard InChI is InChI=1S/C16H25BrN4/c1-20-5-2-3-12-11-21(6-4-15(12)20)16(8-18)13-7-14(17)10-19-9-13/h7,9-10,12,15-16H,2-6,8,11,18H2,1H3. The summed E-state index contributed by atoms with van der Waals surface area (Å²) in [6.07, 6.45) is 7.75. The molecule has 2 aliphatic heterocycles. The topological polar surface area (TPSA) is 45.4 Å². The molecule has 2 fully saturated rings. The molecule has 0 bridgehead atoms. The monoisotopic (exact) mass is 352 g/mol. The minimum absolute atomic E-state index is 0.295. The Morgan fingerprint density at radius 1 is 1.38 bits per heavy atom. The molecule has 2 saturated heterocycles. The number of hydrogen-bond donors (Lipinski definition) is 1. The molecule has 0 amide bonds. The van der Waals surface area contributed by atoms with Crippen molar-refractivity contribution in [3.63, 3.8) is 0 Å². The molecular formula is C16H25BrN4. The van der Waals surface area contributed by atoms with Gasteiger partial charge in [-0.05, 0) is 66.3 Å². The first kappa shape index (κ1) is 15.4. The molecule has 0 aliphatic carbocycles. The summed E-state index contributed by atoms with van der Waals surface area (Å²) in [5.41, 5.74) is 7.32. The fourth-order valence-corrected chi connectivity index (χ4v) is 4.45. The number of halogens is 1. The molecule has 0 aromatic carbocycles.